The zero-order valence-electron chi connectivity index (χ0n) is 17.4. The summed E-state index contributed by atoms with van der Waals surface area (Å²) in [5, 5.41) is 3.21. The Bertz CT molecular complexity index is 840. The Hall–Kier alpha value is -2.61. The van der Waals surface area contributed by atoms with E-state index in [2.05, 4.69) is 5.32 Å². The normalized spacial score (nSPS) is 15.6. The van der Waals surface area contributed by atoms with Gasteiger partial charge < -0.3 is 10.2 Å². The van der Waals surface area contributed by atoms with E-state index in [0.29, 0.717) is 10.7 Å². The van der Waals surface area contributed by atoms with Crippen LogP contribution in [0.1, 0.15) is 26.3 Å². The number of hydrogen-bond acceptors (Lipinski definition) is 5. The van der Waals surface area contributed by atoms with E-state index < -0.39 is 5.41 Å². The van der Waals surface area contributed by atoms with Crippen molar-refractivity contribution in [1.82, 2.24) is 9.80 Å². The van der Waals surface area contributed by atoms with Crippen LogP contribution in [0.2, 0.25) is 0 Å². The van der Waals surface area contributed by atoms with Crippen molar-refractivity contribution in [2.24, 2.45) is 5.41 Å². The fraction of sp³-hybridized carbons (Fsp3) is 0.429. The lowest BCUT2D eigenvalue weighted by Gasteiger charge is -2.22. The third-order valence-electron chi connectivity index (χ3n) is 4.34. The van der Waals surface area contributed by atoms with Crippen molar-refractivity contribution in [2.75, 3.05) is 31.2 Å². The van der Waals surface area contributed by atoms with E-state index in [1.807, 2.05) is 19.1 Å². The van der Waals surface area contributed by atoms with Crippen molar-refractivity contribution in [3.63, 3.8) is 0 Å². The van der Waals surface area contributed by atoms with E-state index in [1.165, 1.54) is 34.7 Å². The number of aryl methyl sites for hydroxylation is 1. The first-order valence-electron chi connectivity index (χ1n) is 9.27. The fourth-order valence-corrected chi connectivity index (χ4v) is 3.37. The summed E-state index contributed by atoms with van der Waals surface area (Å²) in [5.41, 5.74) is 1.16. The molecule has 156 valence electrons. The van der Waals surface area contributed by atoms with E-state index in [0.717, 1.165) is 5.56 Å². The molecular weight excluding hydrogens is 390 g/mol. The van der Waals surface area contributed by atoms with E-state index in [1.54, 1.807) is 32.9 Å². The predicted molar refractivity (Wildman–Crippen MR) is 114 cm³/mol. The minimum Gasteiger partial charge on any atom is -0.335 e. The molecule has 1 heterocycles. The van der Waals surface area contributed by atoms with Gasteiger partial charge in [0.1, 0.15) is 6.54 Å². The average molecular weight is 418 g/mol. The molecule has 0 bridgehead atoms. The summed E-state index contributed by atoms with van der Waals surface area (Å²) >= 11 is 1.24. The molecule has 0 spiro atoms. The number of allylic oxidation sites excluding steroid dienone is 1. The van der Waals surface area contributed by atoms with E-state index in [-0.39, 0.29) is 42.3 Å². The van der Waals surface area contributed by atoms with Crippen molar-refractivity contribution in [3.8, 4) is 0 Å². The van der Waals surface area contributed by atoms with Crippen LogP contribution in [0, 0.1) is 12.3 Å². The summed E-state index contributed by atoms with van der Waals surface area (Å²) in [6, 6.07) is 7.35. The number of carbonyl (C=O) groups is 4. The molecule has 0 radical (unpaired) electrons. The van der Waals surface area contributed by atoms with Gasteiger partial charge in [0.15, 0.2) is 5.78 Å². The number of thioether (sulfide) groups is 1. The number of nitrogens with zero attached hydrogens (tertiary/aromatic N) is 2. The van der Waals surface area contributed by atoms with E-state index >= 15 is 0 Å². The molecule has 0 aliphatic carbocycles. The summed E-state index contributed by atoms with van der Waals surface area (Å²) in [5.74, 6) is -0.861. The van der Waals surface area contributed by atoms with Crippen LogP contribution in [0.15, 0.2) is 35.4 Å². The van der Waals surface area contributed by atoms with Crippen molar-refractivity contribution in [3.05, 3.63) is 40.9 Å². The van der Waals surface area contributed by atoms with Crippen molar-refractivity contribution >= 4 is 41.0 Å². The van der Waals surface area contributed by atoms with Crippen LogP contribution < -0.4 is 5.32 Å². The monoisotopic (exact) mass is 417 g/mol. The zero-order valence-corrected chi connectivity index (χ0v) is 18.3. The molecule has 1 aliphatic rings. The third kappa shape index (κ3) is 6.45. The average Bonchev–Trinajstić information content (AvgIpc) is 2.96. The minimum absolute atomic E-state index is 0.113. The molecule has 29 heavy (non-hydrogen) atoms. The van der Waals surface area contributed by atoms with Crippen molar-refractivity contribution in [1.29, 1.82) is 0 Å². The summed E-state index contributed by atoms with van der Waals surface area (Å²) in [4.78, 5) is 51.7. The molecule has 1 aliphatic heterocycles. The largest absolute Gasteiger partial charge is 0.335 e. The van der Waals surface area contributed by atoms with Gasteiger partial charge in [-0.2, -0.15) is 0 Å². The van der Waals surface area contributed by atoms with Gasteiger partial charge in [-0.3, -0.25) is 24.1 Å². The second kappa shape index (κ2) is 9.26. The predicted octanol–water partition coefficient (Wildman–Crippen LogP) is 2.42. The molecule has 1 aromatic carbocycles. The van der Waals surface area contributed by atoms with Crippen LogP contribution >= 0.6 is 11.8 Å². The first kappa shape index (κ1) is 22.7. The number of ketones is 1. The van der Waals surface area contributed by atoms with Crippen LogP contribution in [0.25, 0.3) is 0 Å². The molecule has 0 atom stereocenters. The van der Waals surface area contributed by atoms with Crippen molar-refractivity contribution in [2.45, 2.75) is 27.7 Å². The number of anilines is 1. The molecule has 1 saturated heterocycles. The summed E-state index contributed by atoms with van der Waals surface area (Å²) in [6.07, 6.45) is 1.42. The van der Waals surface area contributed by atoms with Gasteiger partial charge in [0.05, 0.1) is 17.3 Å². The number of likely N-dealkylation sites (N-methyl/N-ethyl adjacent to an activating group) is 1. The van der Waals surface area contributed by atoms with Crippen LogP contribution in [-0.2, 0) is 19.2 Å². The Morgan fingerprint density at radius 3 is 2.41 bits per heavy atom. The molecule has 8 heteroatoms. The quantitative estimate of drug-likeness (QED) is 0.719. The maximum Gasteiger partial charge on any atom is 0.243 e. The highest BCUT2D eigenvalue weighted by Gasteiger charge is 2.31. The fourth-order valence-electron chi connectivity index (χ4n) is 2.43. The van der Waals surface area contributed by atoms with Gasteiger partial charge in [-0.1, -0.05) is 50.2 Å². The highest BCUT2D eigenvalue weighted by Crippen LogP contribution is 2.30. The Morgan fingerprint density at radius 2 is 1.83 bits per heavy atom. The minimum atomic E-state index is -0.570. The zero-order chi connectivity index (χ0) is 21.8. The van der Waals surface area contributed by atoms with Gasteiger partial charge in [-0.05, 0) is 19.1 Å². The lowest BCUT2D eigenvalue weighted by Crippen LogP contribution is -2.42. The van der Waals surface area contributed by atoms with Crippen LogP contribution in [-0.4, -0.2) is 59.2 Å². The summed E-state index contributed by atoms with van der Waals surface area (Å²) in [7, 11) is 1.51. The lowest BCUT2D eigenvalue weighted by molar-refractivity contribution is -0.137. The summed E-state index contributed by atoms with van der Waals surface area (Å²) < 4.78 is 0. The maximum atomic E-state index is 12.5. The Morgan fingerprint density at radius 1 is 1.21 bits per heavy atom. The van der Waals surface area contributed by atoms with Crippen LogP contribution in [0.3, 0.4) is 0 Å². The Balaban J connectivity index is 1.97. The second-order valence-electron chi connectivity index (χ2n) is 8.03. The molecule has 3 amide bonds. The topological polar surface area (TPSA) is 86.8 Å². The molecule has 1 fully saturated rings. The molecule has 0 unspecified atom stereocenters. The van der Waals surface area contributed by atoms with Gasteiger partial charge in [0.2, 0.25) is 17.7 Å². The number of nitrogens with one attached hydrogen (secondary N) is 1. The highest BCUT2D eigenvalue weighted by atomic mass is 32.2. The van der Waals surface area contributed by atoms with Crippen molar-refractivity contribution < 1.29 is 19.2 Å². The van der Waals surface area contributed by atoms with Crippen LogP contribution in [0.5, 0.6) is 0 Å². The molecule has 2 rings (SSSR count). The Kier molecular flexibility index (Phi) is 7.24. The molecule has 7 nitrogen and oxygen atoms in total. The van der Waals surface area contributed by atoms with Gasteiger partial charge in [-0.15, -0.1) is 0 Å². The maximum absolute atomic E-state index is 12.5. The second-order valence-corrected chi connectivity index (χ2v) is 9.03. The lowest BCUT2D eigenvalue weighted by atomic mass is 9.91. The first-order valence-corrected chi connectivity index (χ1v) is 10.3. The Labute approximate surface area is 175 Å². The van der Waals surface area contributed by atoms with Gasteiger partial charge in [0.25, 0.3) is 0 Å². The number of hydrogen-bond donors (Lipinski definition) is 1. The number of amides is 3. The summed E-state index contributed by atoms with van der Waals surface area (Å²) in [6.45, 7) is 7.00. The molecule has 0 aromatic heterocycles. The number of benzene rings is 1. The molecule has 1 N–H and O–H groups in total. The molecule has 1 aromatic rings. The van der Waals surface area contributed by atoms with E-state index in [9.17, 15) is 19.2 Å². The smallest absolute Gasteiger partial charge is 0.243 e. The van der Waals surface area contributed by atoms with Gasteiger partial charge in [0, 0.05) is 24.2 Å². The molecular formula is C21H27N3O4S. The highest BCUT2D eigenvalue weighted by molar-refractivity contribution is 8.04. The SMILES string of the molecule is Cc1ccc(NC(=O)CN(C)C(=O)CN2C(=O)CS/C2=C\C(=O)C(C)(C)C)cc1. The molecule has 0 saturated carbocycles. The first-order chi connectivity index (χ1) is 13.5. The standard InChI is InChI=1S/C21H27N3O4S/c1-14-6-8-15(9-7-14)22-17(26)11-23(5)18(27)12-24-19(28)13-29-20(24)10-16(25)21(2,3)4/h6-10H,11-13H2,1-5H3,(H,22,26)/b20-10-. The van der Waals surface area contributed by atoms with Crippen LogP contribution in [0.4, 0.5) is 5.69 Å². The number of carbonyl (C=O) groups excluding carboxylic acids is 4. The van der Waals surface area contributed by atoms with Gasteiger partial charge in [-0.25, -0.2) is 0 Å². The van der Waals surface area contributed by atoms with Gasteiger partial charge >= 0.3 is 0 Å². The van der Waals surface area contributed by atoms with E-state index in [4.69, 9.17) is 0 Å². The third-order valence-corrected chi connectivity index (χ3v) is 5.36. The number of rotatable bonds is 6.